The van der Waals surface area contributed by atoms with Gasteiger partial charge in [-0.3, -0.25) is 20.2 Å². The zero-order valence-corrected chi connectivity index (χ0v) is 13.0. The van der Waals surface area contributed by atoms with Crippen molar-refractivity contribution in [1.82, 2.24) is 19.7 Å². The van der Waals surface area contributed by atoms with E-state index in [1.807, 2.05) is 12.1 Å². The van der Waals surface area contributed by atoms with Gasteiger partial charge in [0.2, 0.25) is 0 Å². The van der Waals surface area contributed by atoms with Crippen LogP contribution >= 0.6 is 0 Å². The van der Waals surface area contributed by atoms with Crippen molar-refractivity contribution in [2.24, 2.45) is 5.73 Å². The number of aromatic nitrogens is 1. The molecular weight excluding hydrogens is 264 g/mol. The Morgan fingerprint density at radius 2 is 1.95 bits per heavy atom. The number of hydrogen-bond acceptors (Lipinski definition) is 5. The summed E-state index contributed by atoms with van der Waals surface area (Å²) in [6.07, 6.45) is 1.69. The third-order valence-electron chi connectivity index (χ3n) is 3.87. The first-order valence-corrected chi connectivity index (χ1v) is 7.44. The molecular formula is C15H26N6. The Bertz CT molecular complexity index is 465. The lowest BCUT2D eigenvalue weighted by molar-refractivity contribution is 0.120. The van der Waals surface area contributed by atoms with Gasteiger partial charge in [-0.25, -0.2) is 0 Å². The van der Waals surface area contributed by atoms with Crippen molar-refractivity contribution in [3.63, 3.8) is 0 Å². The van der Waals surface area contributed by atoms with Gasteiger partial charge in [-0.1, -0.05) is 6.07 Å². The zero-order chi connectivity index (χ0) is 15.2. The van der Waals surface area contributed by atoms with E-state index in [4.69, 9.17) is 11.1 Å². The van der Waals surface area contributed by atoms with Crippen molar-refractivity contribution >= 4 is 5.84 Å². The van der Waals surface area contributed by atoms with Gasteiger partial charge >= 0.3 is 0 Å². The van der Waals surface area contributed by atoms with Crippen molar-refractivity contribution < 1.29 is 0 Å². The molecule has 21 heavy (non-hydrogen) atoms. The molecule has 0 unspecified atom stereocenters. The van der Waals surface area contributed by atoms with Crippen molar-refractivity contribution in [1.29, 1.82) is 5.41 Å². The number of amidine groups is 1. The molecule has 2 heterocycles. The van der Waals surface area contributed by atoms with Crippen LogP contribution in [-0.4, -0.2) is 78.9 Å². The van der Waals surface area contributed by atoms with Gasteiger partial charge in [0.05, 0.1) is 0 Å². The third-order valence-corrected chi connectivity index (χ3v) is 3.87. The Labute approximate surface area is 127 Å². The van der Waals surface area contributed by atoms with E-state index in [0.29, 0.717) is 5.69 Å². The van der Waals surface area contributed by atoms with E-state index in [1.54, 1.807) is 6.20 Å². The summed E-state index contributed by atoms with van der Waals surface area (Å²) < 4.78 is 0. The number of piperazine rings is 1. The number of pyridine rings is 1. The fourth-order valence-corrected chi connectivity index (χ4v) is 2.56. The Morgan fingerprint density at radius 1 is 1.29 bits per heavy atom. The third kappa shape index (κ3) is 4.77. The smallest absolute Gasteiger partial charge is 0.142 e. The second-order valence-electron chi connectivity index (χ2n) is 5.85. The molecule has 0 amide bonds. The lowest BCUT2D eigenvalue weighted by atomic mass is 10.1. The second-order valence-corrected chi connectivity index (χ2v) is 5.85. The number of nitrogen functional groups attached to an aromatic ring is 1. The Morgan fingerprint density at radius 3 is 2.57 bits per heavy atom. The average molecular weight is 290 g/mol. The number of nitrogens with two attached hydrogens (primary N) is 1. The molecule has 0 spiro atoms. The highest BCUT2D eigenvalue weighted by atomic mass is 15.3. The maximum absolute atomic E-state index is 7.60. The van der Waals surface area contributed by atoms with Gasteiger partial charge in [0.25, 0.3) is 0 Å². The van der Waals surface area contributed by atoms with Crippen LogP contribution in [0.25, 0.3) is 0 Å². The summed E-state index contributed by atoms with van der Waals surface area (Å²) >= 11 is 0. The minimum Gasteiger partial charge on any atom is -0.382 e. The van der Waals surface area contributed by atoms with E-state index < -0.39 is 0 Å². The SMILES string of the molecule is CN(C)CCN1CCN(Cc2cccnc2C(=N)N)CC1. The van der Waals surface area contributed by atoms with Crippen LogP contribution in [0.4, 0.5) is 0 Å². The maximum atomic E-state index is 7.60. The molecule has 3 N–H and O–H groups in total. The lowest BCUT2D eigenvalue weighted by Crippen LogP contribution is -2.47. The van der Waals surface area contributed by atoms with Crippen LogP contribution in [0.1, 0.15) is 11.3 Å². The highest BCUT2D eigenvalue weighted by molar-refractivity contribution is 5.94. The van der Waals surface area contributed by atoms with Gasteiger partial charge in [-0.2, -0.15) is 0 Å². The lowest BCUT2D eigenvalue weighted by Gasteiger charge is -2.35. The summed E-state index contributed by atoms with van der Waals surface area (Å²) in [6, 6.07) is 3.93. The van der Waals surface area contributed by atoms with E-state index in [-0.39, 0.29) is 5.84 Å². The van der Waals surface area contributed by atoms with Crippen LogP contribution in [0.2, 0.25) is 0 Å². The fraction of sp³-hybridized carbons (Fsp3) is 0.600. The quantitative estimate of drug-likeness (QED) is 0.572. The summed E-state index contributed by atoms with van der Waals surface area (Å²) in [5.41, 5.74) is 7.27. The molecule has 1 aromatic heterocycles. The standard InChI is InChI=1S/C15H26N6/c1-19(2)6-7-20-8-10-21(11-9-20)12-13-4-3-5-18-14(13)15(16)17/h3-5H,6-12H2,1-2H3,(H3,16,17). The van der Waals surface area contributed by atoms with Gasteiger partial charge in [0, 0.05) is 52.0 Å². The zero-order valence-electron chi connectivity index (χ0n) is 13.0. The highest BCUT2D eigenvalue weighted by Crippen LogP contribution is 2.11. The van der Waals surface area contributed by atoms with E-state index in [0.717, 1.165) is 51.4 Å². The van der Waals surface area contributed by atoms with E-state index in [2.05, 4.69) is 33.8 Å². The monoisotopic (exact) mass is 290 g/mol. The van der Waals surface area contributed by atoms with Crippen LogP contribution in [0, 0.1) is 5.41 Å². The van der Waals surface area contributed by atoms with E-state index in [1.165, 1.54) is 0 Å². The first-order valence-electron chi connectivity index (χ1n) is 7.44. The summed E-state index contributed by atoms with van der Waals surface area (Å²) in [6.45, 7) is 7.38. The first-order chi connectivity index (χ1) is 10.1. The van der Waals surface area contributed by atoms with Gasteiger partial charge in [-0.05, 0) is 25.7 Å². The molecule has 1 saturated heterocycles. The van der Waals surface area contributed by atoms with Gasteiger partial charge in [-0.15, -0.1) is 0 Å². The Hall–Kier alpha value is -1.50. The van der Waals surface area contributed by atoms with Crippen molar-refractivity contribution in [3.8, 4) is 0 Å². The number of nitrogens with zero attached hydrogens (tertiary/aromatic N) is 4. The predicted molar refractivity (Wildman–Crippen MR) is 85.5 cm³/mol. The molecule has 1 aromatic rings. The van der Waals surface area contributed by atoms with E-state index >= 15 is 0 Å². The molecule has 0 bridgehead atoms. The fourth-order valence-electron chi connectivity index (χ4n) is 2.56. The normalized spacial score (nSPS) is 17.3. The summed E-state index contributed by atoms with van der Waals surface area (Å²) in [7, 11) is 4.23. The van der Waals surface area contributed by atoms with Gasteiger partial charge in [0.1, 0.15) is 11.5 Å². The Kier molecular flexibility index (Phi) is 5.67. The maximum Gasteiger partial charge on any atom is 0.142 e. The largest absolute Gasteiger partial charge is 0.382 e. The van der Waals surface area contributed by atoms with Crippen molar-refractivity contribution in [2.45, 2.75) is 6.54 Å². The summed E-state index contributed by atoms with van der Waals surface area (Å²) in [5.74, 6) is 0.0511. The van der Waals surface area contributed by atoms with Crippen molar-refractivity contribution in [2.75, 3.05) is 53.4 Å². The summed E-state index contributed by atoms with van der Waals surface area (Å²) in [4.78, 5) is 11.4. The van der Waals surface area contributed by atoms with E-state index in [9.17, 15) is 0 Å². The number of likely N-dealkylation sites (N-methyl/N-ethyl adjacent to an activating group) is 1. The minimum atomic E-state index is 0.0511. The number of rotatable bonds is 6. The predicted octanol–water partition coefficient (Wildman–Crippen LogP) is 0.0449. The number of hydrogen-bond donors (Lipinski definition) is 2. The molecule has 0 aromatic carbocycles. The molecule has 0 saturated carbocycles. The Balaban J connectivity index is 1.85. The van der Waals surface area contributed by atoms with Gasteiger partial charge in [0.15, 0.2) is 0 Å². The first kappa shape index (κ1) is 15.9. The molecule has 2 rings (SSSR count). The van der Waals surface area contributed by atoms with Crippen LogP contribution in [0.15, 0.2) is 18.3 Å². The molecule has 6 nitrogen and oxygen atoms in total. The van der Waals surface area contributed by atoms with Crippen LogP contribution < -0.4 is 5.73 Å². The van der Waals surface area contributed by atoms with Crippen LogP contribution in [-0.2, 0) is 6.54 Å². The minimum absolute atomic E-state index is 0.0511. The van der Waals surface area contributed by atoms with Gasteiger partial charge < -0.3 is 10.6 Å². The molecule has 1 aliphatic rings. The van der Waals surface area contributed by atoms with Crippen molar-refractivity contribution in [3.05, 3.63) is 29.6 Å². The van der Waals surface area contributed by atoms with Crippen LogP contribution in [0.3, 0.4) is 0 Å². The molecule has 0 atom stereocenters. The molecule has 116 valence electrons. The molecule has 1 aliphatic heterocycles. The second kappa shape index (κ2) is 7.49. The number of nitrogens with one attached hydrogen (secondary N) is 1. The topological polar surface area (TPSA) is 72.5 Å². The molecule has 0 radical (unpaired) electrons. The van der Waals surface area contributed by atoms with Crippen LogP contribution in [0.5, 0.6) is 0 Å². The molecule has 1 fully saturated rings. The summed E-state index contributed by atoms with van der Waals surface area (Å²) in [5, 5.41) is 7.60. The highest BCUT2D eigenvalue weighted by Gasteiger charge is 2.18. The molecule has 6 heteroatoms. The average Bonchev–Trinajstić information content (AvgIpc) is 2.47. The molecule has 0 aliphatic carbocycles.